The molecule has 2 rings (SSSR count). The van der Waals surface area contributed by atoms with Gasteiger partial charge in [-0.05, 0) is 36.4 Å². The van der Waals surface area contributed by atoms with Crippen LogP contribution >= 0.6 is 15.9 Å². The Kier molecular flexibility index (Phi) is 7.82. The highest BCUT2D eigenvalue weighted by Crippen LogP contribution is 2.27. The van der Waals surface area contributed by atoms with Gasteiger partial charge in [-0.2, -0.15) is 5.10 Å². The van der Waals surface area contributed by atoms with Crippen molar-refractivity contribution in [2.75, 3.05) is 27.9 Å². The highest BCUT2D eigenvalue weighted by atomic mass is 79.9. The van der Waals surface area contributed by atoms with Gasteiger partial charge in [0.1, 0.15) is 5.75 Å². The number of benzene rings is 2. The first-order valence-corrected chi connectivity index (χ1v) is 8.93. The highest BCUT2D eigenvalue weighted by molar-refractivity contribution is 9.10. The number of hydrogen-bond acceptors (Lipinski definition) is 6. The van der Waals surface area contributed by atoms with Crippen molar-refractivity contribution < 1.29 is 23.8 Å². The van der Waals surface area contributed by atoms with Crippen molar-refractivity contribution in [3.63, 3.8) is 0 Å². The van der Waals surface area contributed by atoms with Gasteiger partial charge >= 0.3 is 0 Å². The molecule has 28 heavy (non-hydrogen) atoms. The van der Waals surface area contributed by atoms with Gasteiger partial charge in [0.05, 0.1) is 34.1 Å². The minimum atomic E-state index is -0.468. The quantitative estimate of drug-likeness (QED) is 0.476. The first kappa shape index (κ1) is 21.2. The van der Waals surface area contributed by atoms with E-state index in [1.165, 1.54) is 26.5 Å². The summed E-state index contributed by atoms with van der Waals surface area (Å²) < 4.78 is 16.2. The number of carbonyl (C=O) groups is 2. The van der Waals surface area contributed by atoms with Crippen LogP contribution in [0.4, 0.5) is 0 Å². The van der Waals surface area contributed by atoms with Gasteiger partial charge in [0.25, 0.3) is 11.8 Å². The zero-order valence-corrected chi connectivity index (χ0v) is 17.2. The Balaban J connectivity index is 1.89. The predicted octanol–water partition coefficient (Wildman–Crippen LogP) is 2.36. The van der Waals surface area contributed by atoms with E-state index in [9.17, 15) is 9.59 Å². The number of amides is 2. The van der Waals surface area contributed by atoms with Crippen LogP contribution in [0.25, 0.3) is 0 Å². The van der Waals surface area contributed by atoms with E-state index < -0.39 is 11.8 Å². The summed E-state index contributed by atoms with van der Waals surface area (Å²) in [6, 6.07) is 10.1. The number of rotatable bonds is 8. The summed E-state index contributed by atoms with van der Waals surface area (Å²) in [5.74, 6) is 0.709. The molecule has 0 saturated carbocycles. The summed E-state index contributed by atoms with van der Waals surface area (Å²) in [6.07, 6.45) is 1.47. The zero-order chi connectivity index (χ0) is 20.5. The fourth-order valence-corrected chi connectivity index (χ4v) is 2.55. The molecule has 0 unspecified atom stereocenters. The number of nitrogens with zero attached hydrogens (tertiary/aromatic N) is 1. The topological polar surface area (TPSA) is 98.2 Å². The van der Waals surface area contributed by atoms with Crippen LogP contribution in [-0.4, -0.2) is 45.9 Å². The number of methoxy groups -OCH3 is 3. The van der Waals surface area contributed by atoms with E-state index in [1.54, 1.807) is 31.4 Å². The number of ether oxygens (including phenoxy) is 3. The molecule has 8 nitrogen and oxygen atoms in total. The fraction of sp³-hybridized carbons (Fsp3) is 0.211. The predicted molar refractivity (Wildman–Crippen MR) is 108 cm³/mol. The first-order chi connectivity index (χ1) is 13.5. The van der Waals surface area contributed by atoms with Crippen molar-refractivity contribution in [2.24, 2.45) is 5.10 Å². The smallest absolute Gasteiger partial charge is 0.259 e. The minimum absolute atomic E-state index is 0.232. The lowest BCUT2D eigenvalue weighted by Crippen LogP contribution is -2.34. The minimum Gasteiger partial charge on any atom is -0.497 e. The maximum atomic E-state index is 12.2. The Morgan fingerprint density at radius 1 is 1.04 bits per heavy atom. The molecule has 0 saturated heterocycles. The van der Waals surface area contributed by atoms with Crippen molar-refractivity contribution in [3.8, 4) is 17.2 Å². The van der Waals surface area contributed by atoms with E-state index in [1.807, 2.05) is 6.07 Å². The molecule has 0 aliphatic heterocycles. The largest absolute Gasteiger partial charge is 0.497 e. The lowest BCUT2D eigenvalue weighted by atomic mass is 10.2. The van der Waals surface area contributed by atoms with E-state index >= 15 is 0 Å². The zero-order valence-electron chi connectivity index (χ0n) is 15.6. The van der Waals surface area contributed by atoms with Crippen LogP contribution in [0.2, 0.25) is 0 Å². The molecule has 0 aromatic heterocycles. The second kappa shape index (κ2) is 10.3. The van der Waals surface area contributed by atoms with E-state index in [0.29, 0.717) is 22.8 Å². The molecule has 0 aliphatic rings. The molecule has 0 radical (unpaired) electrons. The van der Waals surface area contributed by atoms with Crippen molar-refractivity contribution in [1.82, 2.24) is 10.7 Å². The molecular weight excluding hydrogens is 430 g/mol. The SMILES string of the molecule is COc1ccc(Br)c(/C=N/NC(=O)CNC(=O)c2ccc(OC)c(OC)c2)c1. The number of hydrogen-bond donors (Lipinski definition) is 2. The second-order valence-electron chi connectivity index (χ2n) is 5.43. The first-order valence-electron chi connectivity index (χ1n) is 8.14. The Bertz CT molecular complexity index is 886. The lowest BCUT2D eigenvalue weighted by molar-refractivity contribution is -0.120. The molecule has 2 amide bonds. The van der Waals surface area contributed by atoms with Crippen LogP contribution in [0, 0.1) is 0 Å². The van der Waals surface area contributed by atoms with Gasteiger partial charge in [-0.3, -0.25) is 9.59 Å². The Morgan fingerprint density at radius 2 is 1.79 bits per heavy atom. The third kappa shape index (κ3) is 5.71. The van der Waals surface area contributed by atoms with Gasteiger partial charge in [-0.15, -0.1) is 0 Å². The van der Waals surface area contributed by atoms with Crippen LogP contribution < -0.4 is 25.0 Å². The molecule has 0 spiro atoms. The normalized spacial score (nSPS) is 10.4. The van der Waals surface area contributed by atoms with E-state index in [2.05, 4.69) is 31.8 Å². The van der Waals surface area contributed by atoms with Gasteiger partial charge < -0.3 is 19.5 Å². The summed E-state index contributed by atoms with van der Waals surface area (Å²) in [6.45, 7) is -0.232. The molecule has 148 valence electrons. The van der Waals surface area contributed by atoms with Crippen molar-refractivity contribution in [2.45, 2.75) is 0 Å². The number of nitrogens with one attached hydrogen (secondary N) is 2. The highest BCUT2D eigenvalue weighted by Gasteiger charge is 2.11. The fourth-order valence-electron chi connectivity index (χ4n) is 2.20. The summed E-state index contributed by atoms with van der Waals surface area (Å²) >= 11 is 3.39. The Hall–Kier alpha value is -3.07. The maximum absolute atomic E-state index is 12.2. The van der Waals surface area contributed by atoms with Gasteiger partial charge in [-0.25, -0.2) is 5.43 Å². The van der Waals surface area contributed by atoms with Crippen LogP contribution in [0.15, 0.2) is 46.0 Å². The van der Waals surface area contributed by atoms with Crippen molar-refractivity contribution in [1.29, 1.82) is 0 Å². The van der Waals surface area contributed by atoms with Crippen LogP contribution in [0.1, 0.15) is 15.9 Å². The second-order valence-corrected chi connectivity index (χ2v) is 6.29. The molecule has 0 atom stereocenters. The van der Waals surface area contributed by atoms with E-state index in [0.717, 1.165) is 10.0 Å². The summed E-state index contributed by atoms with van der Waals surface area (Å²) in [5.41, 5.74) is 3.43. The number of hydrazone groups is 1. The number of halogens is 1. The lowest BCUT2D eigenvalue weighted by Gasteiger charge is -2.09. The Morgan fingerprint density at radius 3 is 2.46 bits per heavy atom. The molecule has 9 heteroatoms. The third-order valence-electron chi connectivity index (χ3n) is 3.65. The summed E-state index contributed by atoms with van der Waals surface area (Å²) in [7, 11) is 4.55. The van der Waals surface area contributed by atoms with Crippen LogP contribution in [0.3, 0.4) is 0 Å². The summed E-state index contributed by atoms with van der Waals surface area (Å²) in [4.78, 5) is 24.1. The monoisotopic (exact) mass is 449 g/mol. The average molecular weight is 450 g/mol. The molecule has 0 bridgehead atoms. The summed E-state index contributed by atoms with van der Waals surface area (Å²) in [5, 5.41) is 6.40. The van der Waals surface area contributed by atoms with Gasteiger partial charge in [-0.1, -0.05) is 15.9 Å². The average Bonchev–Trinajstić information content (AvgIpc) is 2.72. The third-order valence-corrected chi connectivity index (χ3v) is 4.37. The Labute approximate surface area is 171 Å². The van der Waals surface area contributed by atoms with Gasteiger partial charge in [0.2, 0.25) is 0 Å². The van der Waals surface area contributed by atoms with Gasteiger partial charge in [0, 0.05) is 15.6 Å². The van der Waals surface area contributed by atoms with Crippen LogP contribution in [-0.2, 0) is 4.79 Å². The standard InChI is InChI=1S/C19H20BrN3O5/c1-26-14-5-6-15(20)13(8-14)10-22-23-18(24)11-21-19(25)12-4-7-16(27-2)17(9-12)28-3/h4-10H,11H2,1-3H3,(H,21,25)(H,23,24)/b22-10+. The molecular formula is C19H20BrN3O5. The van der Waals surface area contributed by atoms with Gasteiger partial charge in [0.15, 0.2) is 11.5 Å². The van der Waals surface area contributed by atoms with Crippen LogP contribution in [0.5, 0.6) is 17.2 Å². The van der Waals surface area contributed by atoms with E-state index in [4.69, 9.17) is 14.2 Å². The molecule has 2 aromatic rings. The molecule has 0 aliphatic carbocycles. The van der Waals surface area contributed by atoms with Crippen molar-refractivity contribution >= 4 is 34.0 Å². The van der Waals surface area contributed by atoms with E-state index in [-0.39, 0.29) is 6.54 Å². The number of carbonyl (C=O) groups excluding carboxylic acids is 2. The molecule has 0 heterocycles. The molecule has 0 fully saturated rings. The molecule has 2 aromatic carbocycles. The molecule has 2 N–H and O–H groups in total. The maximum Gasteiger partial charge on any atom is 0.259 e. The van der Waals surface area contributed by atoms with Crippen molar-refractivity contribution in [3.05, 3.63) is 52.0 Å².